The summed E-state index contributed by atoms with van der Waals surface area (Å²) in [6.07, 6.45) is 3.47. The van der Waals surface area contributed by atoms with Gasteiger partial charge in [-0.2, -0.15) is 0 Å². The van der Waals surface area contributed by atoms with Crippen molar-refractivity contribution in [1.82, 2.24) is 5.32 Å². The van der Waals surface area contributed by atoms with Crippen molar-refractivity contribution in [2.75, 3.05) is 26.4 Å². The molecule has 0 aromatic heterocycles. The van der Waals surface area contributed by atoms with Gasteiger partial charge in [-0.25, -0.2) is 0 Å². The predicted molar refractivity (Wildman–Crippen MR) is 89.1 cm³/mol. The van der Waals surface area contributed by atoms with Gasteiger partial charge in [0.2, 0.25) is 5.91 Å². The van der Waals surface area contributed by atoms with Gasteiger partial charge in [0.15, 0.2) is 11.5 Å². The largest absolute Gasteiger partial charge is 0.490 e. The number of hydrogen-bond donors (Lipinski definition) is 1. The molecule has 1 atom stereocenters. The van der Waals surface area contributed by atoms with Crippen LogP contribution >= 0.6 is 0 Å². The normalized spacial score (nSPS) is 17.0. The van der Waals surface area contributed by atoms with E-state index in [1.54, 1.807) is 0 Å². The maximum atomic E-state index is 11.9. The number of benzene rings is 1. The number of nitrogens with one attached hydrogen (secondary N) is 1. The molecule has 1 aliphatic heterocycles. The molecule has 1 heterocycles. The van der Waals surface area contributed by atoms with Crippen LogP contribution in [0, 0.1) is 0 Å². The Labute approximate surface area is 138 Å². The van der Waals surface area contributed by atoms with Gasteiger partial charge in [-0.3, -0.25) is 4.79 Å². The topological polar surface area (TPSA) is 56.8 Å². The lowest BCUT2D eigenvalue weighted by Gasteiger charge is -2.13. The van der Waals surface area contributed by atoms with Gasteiger partial charge in [0.1, 0.15) is 0 Å². The minimum absolute atomic E-state index is 0.0624. The summed E-state index contributed by atoms with van der Waals surface area (Å²) in [4.78, 5) is 11.9. The number of ether oxygens (including phenoxy) is 3. The second kappa shape index (κ2) is 9.40. The van der Waals surface area contributed by atoms with Crippen LogP contribution in [0.15, 0.2) is 18.2 Å². The molecule has 1 N–H and O–H groups in total. The highest BCUT2D eigenvalue weighted by atomic mass is 16.5. The Morgan fingerprint density at radius 1 is 1.26 bits per heavy atom. The van der Waals surface area contributed by atoms with Crippen LogP contribution in [0.5, 0.6) is 11.5 Å². The van der Waals surface area contributed by atoms with Gasteiger partial charge >= 0.3 is 0 Å². The quantitative estimate of drug-likeness (QED) is 0.760. The Hall–Kier alpha value is -1.75. The third-order valence-corrected chi connectivity index (χ3v) is 3.80. The lowest BCUT2D eigenvalue weighted by atomic mass is 10.1. The number of aryl methyl sites for hydroxylation is 1. The van der Waals surface area contributed by atoms with Crippen molar-refractivity contribution in [2.24, 2.45) is 0 Å². The number of amides is 1. The highest BCUT2D eigenvalue weighted by Crippen LogP contribution is 2.29. The summed E-state index contributed by atoms with van der Waals surface area (Å²) in [6.45, 7) is 6.51. The van der Waals surface area contributed by atoms with Gasteiger partial charge in [0.05, 0.1) is 19.3 Å². The highest BCUT2D eigenvalue weighted by molar-refractivity contribution is 5.76. The van der Waals surface area contributed by atoms with Crippen LogP contribution in [0.4, 0.5) is 0 Å². The molecule has 23 heavy (non-hydrogen) atoms. The molecular formula is C18H27NO4. The van der Waals surface area contributed by atoms with Crippen LogP contribution in [-0.2, 0) is 16.0 Å². The van der Waals surface area contributed by atoms with Crippen molar-refractivity contribution < 1.29 is 19.0 Å². The van der Waals surface area contributed by atoms with Crippen molar-refractivity contribution in [3.8, 4) is 11.5 Å². The summed E-state index contributed by atoms with van der Waals surface area (Å²) in [5.41, 5.74) is 1.07. The van der Waals surface area contributed by atoms with Crippen LogP contribution in [0.3, 0.4) is 0 Å². The third kappa shape index (κ3) is 5.75. The summed E-state index contributed by atoms with van der Waals surface area (Å²) < 4.78 is 16.7. The van der Waals surface area contributed by atoms with Crippen molar-refractivity contribution in [3.63, 3.8) is 0 Å². The lowest BCUT2D eigenvalue weighted by Crippen LogP contribution is -2.31. The molecule has 5 nitrogen and oxygen atoms in total. The number of carbonyl (C=O) groups excluding carboxylic acids is 1. The highest BCUT2D eigenvalue weighted by Gasteiger charge is 2.16. The predicted octanol–water partition coefficient (Wildman–Crippen LogP) is 2.71. The smallest absolute Gasteiger partial charge is 0.220 e. The summed E-state index contributed by atoms with van der Waals surface area (Å²) in [7, 11) is 0. The van der Waals surface area contributed by atoms with Crippen molar-refractivity contribution in [3.05, 3.63) is 23.8 Å². The fraction of sp³-hybridized carbons (Fsp3) is 0.611. The van der Waals surface area contributed by atoms with Gasteiger partial charge in [0, 0.05) is 19.6 Å². The number of rotatable bonds is 9. The van der Waals surface area contributed by atoms with E-state index >= 15 is 0 Å². The second-order valence-electron chi connectivity index (χ2n) is 5.59. The molecule has 0 bridgehead atoms. The zero-order valence-electron chi connectivity index (χ0n) is 14.1. The van der Waals surface area contributed by atoms with E-state index in [9.17, 15) is 4.79 Å². The molecule has 1 aromatic carbocycles. The van der Waals surface area contributed by atoms with Gasteiger partial charge in [-0.15, -0.1) is 0 Å². The van der Waals surface area contributed by atoms with Crippen LogP contribution in [0.2, 0.25) is 0 Å². The van der Waals surface area contributed by atoms with Crippen molar-refractivity contribution in [1.29, 1.82) is 0 Å². The van der Waals surface area contributed by atoms with Crippen molar-refractivity contribution in [2.45, 2.75) is 45.6 Å². The van der Waals surface area contributed by atoms with Gasteiger partial charge in [0.25, 0.3) is 0 Å². The van der Waals surface area contributed by atoms with E-state index in [1.807, 2.05) is 32.0 Å². The second-order valence-corrected chi connectivity index (χ2v) is 5.59. The van der Waals surface area contributed by atoms with Gasteiger partial charge in [-0.1, -0.05) is 6.07 Å². The molecule has 1 aliphatic rings. The fourth-order valence-corrected chi connectivity index (χ4v) is 2.63. The summed E-state index contributed by atoms with van der Waals surface area (Å²) >= 11 is 0. The fourth-order valence-electron chi connectivity index (χ4n) is 2.63. The van der Waals surface area contributed by atoms with E-state index in [0.29, 0.717) is 32.6 Å². The molecule has 1 aromatic rings. The molecule has 1 amide bonds. The molecule has 1 saturated heterocycles. The van der Waals surface area contributed by atoms with Crippen LogP contribution in [0.25, 0.3) is 0 Å². The minimum atomic E-state index is 0.0624. The van der Waals surface area contributed by atoms with E-state index in [4.69, 9.17) is 14.2 Å². The SMILES string of the molecule is CCOc1ccc(CCC(=O)NC[C@H]2CCCO2)cc1OCC. The maximum absolute atomic E-state index is 11.9. The Kier molecular flexibility index (Phi) is 7.20. The van der Waals surface area contributed by atoms with E-state index in [-0.39, 0.29) is 12.0 Å². The first-order chi connectivity index (χ1) is 11.2. The number of hydrogen-bond acceptors (Lipinski definition) is 4. The standard InChI is InChI=1S/C18H27NO4/c1-3-21-16-9-7-14(12-17(16)22-4-2)8-10-18(20)19-13-15-6-5-11-23-15/h7,9,12,15H,3-6,8,10-11,13H2,1-2H3,(H,19,20)/t15-/m1/s1. The van der Waals surface area contributed by atoms with E-state index in [0.717, 1.165) is 36.5 Å². The lowest BCUT2D eigenvalue weighted by molar-refractivity contribution is -0.121. The Bertz CT molecular complexity index is 498. The minimum Gasteiger partial charge on any atom is -0.490 e. The average molecular weight is 321 g/mol. The molecular weight excluding hydrogens is 294 g/mol. The molecule has 1 fully saturated rings. The first-order valence-corrected chi connectivity index (χ1v) is 8.49. The van der Waals surface area contributed by atoms with Gasteiger partial charge < -0.3 is 19.5 Å². The maximum Gasteiger partial charge on any atom is 0.220 e. The first-order valence-electron chi connectivity index (χ1n) is 8.49. The summed E-state index contributed by atoms with van der Waals surface area (Å²) in [5, 5.41) is 2.95. The van der Waals surface area contributed by atoms with Crippen LogP contribution < -0.4 is 14.8 Å². The van der Waals surface area contributed by atoms with E-state index < -0.39 is 0 Å². The van der Waals surface area contributed by atoms with Crippen LogP contribution in [0.1, 0.15) is 38.7 Å². The third-order valence-electron chi connectivity index (χ3n) is 3.80. The molecule has 0 spiro atoms. The first kappa shape index (κ1) is 17.6. The Morgan fingerprint density at radius 3 is 2.74 bits per heavy atom. The Balaban J connectivity index is 1.81. The average Bonchev–Trinajstić information content (AvgIpc) is 3.07. The van der Waals surface area contributed by atoms with Crippen LogP contribution in [-0.4, -0.2) is 38.4 Å². The molecule has 0 unspecified atom stereocenters. The zero-order chi connectivity index (χ0) is 16.5. The molecule has 0 radical (unpaired) electrons. The van der Waals surface area contributed by atoms with Crippen molar-refractivity contribution >= 4 is 5.91 Å². The van der Waals surface area contributed by atoms with E-state index in [2.05, 4.69) is 5.32 Å². The zero-order valence-corrected chi connectivity index (χ0v) is 14.1. The monoisotopic (exact) mass is 321 g/mol. The van der Waals surface area contributed by atoms with Gasteiger partial charge in [-0.05, 0) is 50.8 Å². The molecule has 5 heteroatoms. The Morgan fingerprint density at radius 2 is 2.04 bits per heavy atom. The molecule has 0 aliphatic carbocycles. The molecule has 2 rings (SSSR count). The number of carbonyl (C=O) groups is 1. The summed E-state index contributed by atoms with van der Waals surface area (Å²) in [6, 6.07) is 5.86. The van der Waals surface area contributed by atoms with E-state index in [1.165, 1.54) is 0 Å². The molecule has 128 valence electrons. The molecule has 0 saturated carbocycles. The summed E-state index contributed by atoms with van der Waals surface area (Å²) in [5.74, 6) is 1.56.